The van der Waals surface area contributed by atoms with E-state index in [1.165, 1.54) is 0 Å². The lowest BCUT2D eigenvalue weighted by atomic mass is 10.0. The zero-order valence-corrected chi connectivity index (χ0v) is 14.0. The predicted octanol–water partition coefficient (Wildman–Crippen LogP) is 3.43. The molecule has 2 rings (SSSR count). The van der Waals surface area contributed by atoms with Crippen molar-refractivity contribution in [3.05, 3.63) is 58.6 Å². The van der Waals surface area contributed by atoms with Gasteiger partial charge in [0.1, 0.15) is 17.8 Å². The number of nitrogens with one attached hydrogen (secondary N) is 1. The molecule has 5 heteroatoms. The van der Waals surface area contributed by atoms with Gasteiger partial charge in [-0.1, -0.05) is 29.8 Å². The third-order valence-electron chi connectivity index (χ3n) is 3.64. The van der Waals surface area contributed by atoms with Crippen LogP contribution in [0.3, 0.4) is 0 Å². The molecule has 1 unspecified atom stereocenters. The molecule has 23 heavy (non-hydrogen) atoms. The molecule has 2 aromatic rings. The van der Waals surface area contributed by atoms with Crippen LogP contribution in [0.5, 0.6) is 11.5 Å². The van der Waals surface area contributed by atoms with Gasteiger partial charge in [-0.05, 0) is 23.8 Å². The van der Waals surface area contributed by atoms with Crippen molar-refractivity contribution >= 4 is 17.9 Å². The molecular weight excluding hydrogens is 314 g/mol. The average Bonchev–Trinajstić information content (AvgIpc) is 2.59. The Morgan fingerprint density at radius 1 is 1.13 bits per heavy atom. The number of hydrogen-bond acceptors (Lipinski definition) is 4. The normalized spacial score (nSPS) is 11.8. The smallest absolute Gasteiger partial charge is 0.128 e. The lowest BCUT2D eigenvalue weighted by molar-refractivity contribution is -0.109. The van der Waals surface area contributed by atoms with Gasteiger partial charge in [0.25, 0.3) is 0 Å². The summed E-state index contributed by atoms with van der Waals surface area (Å²) >= 11 is 5.87. The average molecular weight is 334 g/mol. The van der Waals surface area contributed by atoms with E-state index < -0.39 is 0 Å². The van der Waals surface area contributed by atoms with Crippen molar-refractivity contribution in [3.8, 4) is 11.5 Å². The first-order chi connectivity index (χ1) is 11.2. The first-order valence-corrected chi connectivity index (χ1v) is 7.68. The Morgan fingerprint density at radius 2 is 1.87 bits per heavy atom. The van der Waals surface area contributed by atoms with Gasteiger partial charge in [0.15, 0.2) is 0 Å². The largest absolute Gasteiger partial charge is 0.497 e. The van der Waals surface area contributed by atoms with Crippen molar-refractivity contribution in [1.82, 2.24) is 5.32 Å². The molecule has 0 fully saturated rings. The minimum Gasteiger partial charge on any atom is -0.497 e. The van der Waals surface area contributed by atoms with Crippen LogP contribution in [0.2, 0.25) is 5.02 Å². The predicted molar refractivity (Wildman–Crippen MR) is 91.5 cm³/mol. The molecule has 1 N–H and O–H groups in total. The monoisotopic (exact) mass is 333 g/mol. The molecular formula is C18H20ClNO3. The highest BCUT2D eigenvalue weighted by molar-refractivity contribution is 6.30. The maximum absolute atomic E-state index is 11.3. The van der Waals surface area contributed by atoms with Gasteiger partial charge >= 0.3 is 0 Å². The van der Waals surface area contributed by atoms with Gasteiger partial charge in [-0.15, -0.1) is 0 Å². The third kappa shape index (κ3) is 4.71. The number of hydrogen-bond donors (Lipinski definition) is 1. The second-order valence-electron chi connectivity index (χ2n) is 5.10. The molecule has 0 aliphatic heterocycles. The summed E-state index contributed by atoms with van der Waals surface area (Å²) < 4.78 is 10.5. The fourth-order valence-corrected chi connectivity index (χ4v) is 2.44. The highest BCUT2D eigenvalue weighted by Gasteiger charge is 2.11. The lowest BCUT2D eigenvalue weighted by Crippen LogP contribution is -2.22. The van der Waals surface area contributed by atoms with Crippen molar-refractivity contribution in [3.63, 3.8) is 0 Å². The lowest BCUT2D eigenvalue weighted by Gasteiger charge is -2.14. The fraction of sp³-hybridized carbons (Fsp3) is 0.278. The van der Waals surface area contributed by atoms with E-state index in [2.05, 4.69) is 5.32 Å². The Kier molecular flexibility index (Phi) is 6.44. The minimum absolute atomic E-state index is 0.212. The Hall–Kier alpha value is -2.04. The quantitative estimate of drug-likeness (QED) is 0.752. The van der Waals surface area contributed by atoms with E-state index in [4.69, 9.17) is 21.1 Å². The van der Waals surface area contributed by atoms with Crippen LogP contribution in [-0.4, -0.2) is 27.1 Å². The van der Waals surface area contributed by atoms with Crippen LogP contribution in [-0.2, 0) is 11.3 Å². The summed E-state index contributed by atoms with van der Waals surface area (Å²) in [4.78, 5) is 11.3. The van der Waals surface area contributed by atoms with E-state index in [-0.39, 0.29) is 5.92 Å². The molecule has 4 nitrogen and oxygen atoms in total. The van der Waals surface area contributed by atoms with E-state index >= 15 is 0 Å². The summed E-state index contributed by atoms with van der Waals surface area (Å²) in [7, 11) is 3.24. The van der Waals surface area contributed by atoms with Crippen LogP contribution in [0, 0.1) is 0 Å². The van der Waals surface area contributed by atoms with Crippen molar-refractivity contribution < 1.29 is 14.3 Å². The highest BCUT2D eigenvalue weighted by atomic mass is 35.5. The number of carbonyl (C=O) groups is 1. The number of ether oxygens (including phenoxy) is 2. The van der Waals surface area contributed by atoms with E-state index in [9.17, 15) is 4.79 Å². The molecule has 0 heterocycles. The van der Waals surface area contributed by atoms with Gasteiger partial charge in [-0.3, -0.25) is 0 Å². The van der Waals surface area contributed by atoms with Crippen LogP contribution in [0.15, 0.2) is 42.5 Å². The number of methoxy groups -OCH3 is 2. The van der Waals surface area contributed by atoms with Gasteiger partial charge in [-0.25, -0.2) is 0 Å². The zero-order valence-electron chi connectivity index (χ0n) is 13.2. The van der Waals surface area contributed by atoms with E-state index in [0.717, 1.165) is 28.9 Å². The molecule has 0 aromatic heterocycles. The number of aldehydes is 1. The number of rotatable bonds is 8. The number of carbonyl (C=O) groups excluding carboxylic acids is 1. The van der Waals surface area contributed by atoms with Crippen LogP contribution in [0.25, 0.3) is 0 Å². The topological polar surface area (TPSA) is 47.6 Å². The van der Waals surface area contributed by atoms with E-state index in [1.807, 2.05) is 30.3 Å². The van der Waals surface area contributed by atoms with E-state index in [0.29, 0.717) is 18.1 Å². The second-order valence-corrected chi connectivity index (χ2v) is 5.54. The SMILES string of the molecule is COc1ccc(CNCC(C=O)c2ccc(Cl)cc2)c(OC)c1. The summed E-state index contributed by atoms with van der Waals surface area (Å²) in [6.07, 6.45) is 0.946. The maximum atomic E-state index is 11.3. The first-order valence-electron chi connectivity index (χ1n) is 7.30. The van der Waals surface area contributed by atoms with Crippen molar-refractivity contribution in [2.75, 3.05) is 20.8 Å². The second kappa shape index (κ2) is 8.56. The Labute approximate surface area is 141 Å². The molecule has 122 valence electrons. The van der Waals surface area contributed by atoms with E-state index in [1.54, 1.807) is 26.4 Å². The summed E-state index contributed by atoms with van der Waals surface area (Å²) in [5.41, 5.74) is 1.95. The summed E-state index contributed by atoms with van der Waals surface area (Å²) in [5.74, 6) is 1.29. The van der Waals surface area contributed by atoms with Crippen molar-refractivity contribution in [1.29, 1.82) is 0 Å². The van der Waals surface area contributed by atoms with Crippen LogP contribution < -0.4 is 14.8 Å². The molecule has 2 aromatic carbocycles. The standard InChI is InChI=1S/C18H20ClNO3/c1-22-17-8-5-14(18(9-17)23-2)10-20-11-15(12-21)13-3-6-16(19)7-4-13/h3-9,12,15,20H,10-11H2,1-2H3. The molecule has 0 bridgehead atoms. The molecule has 0 aliphatic rings. The zero-order chi connectivity index (χ0) is 16.7. The summed E-state index contributed by atoms with van der Waals surface area (Å²) in [6.45, 7) is 1.14. The molecule has 0 radical (unpaired) electrons. The summed E-state index contributed by atoms with van der Waals surface area (Å²) in [6, 6.07) is 13.0. The molecule has 0 aliphatic carbocycles. The van der Waals surface area contributed by atoms with Gasteiger partial charge in [-0.2, -0.15) is 0 Å². The minimum atomic E-state index is -0.212. The molecule has 1 atom stereocenters. The number of benzene rings is 2. The van der Waals surface area contributed by atoms with Crippen molar-refractivity contribution in [2.45, 2.75) is 12.5 Å². The van der Waals surface area contributed by atoms with Gasteiger partial charge in [0.05, 0.1) is 20.1 Å². The van der Waals surface area contributed by atoms with Gasteiger partial charge in [0.2, 0.25) is 0 Å². The Balaban J connectivity index is 1.97. The van der Waals surface area contributed by atoms with Crippen LogP contribution in [0.4, 0.5) is 0 Å². The van der Waals surface area contributed by atoms with Gasteiger partial charge in [0, 0.05) is 29.7 Å². The maximum Gasteiger partial charge on any atom is 0.128 e. The molecule has 0 saturated carbocycles. The van der Waals surface area contributed by atoms with Gasteiger partial charge < -0.3 is 19.6 Å². The van der Waals surface area contributed by atoms with Crippen molar-refractivity contribution in [2.24, 2.45) is 0 Å². The van der Waals surface area contributed by atoms with Crippen LogP contribution >= 0.6 is 11.6 Å². The Morgan fingerprint density at radius 3 is 2.48 bits per heavy atom. The fourth-order valence-electron chi connectivity index (χ4n) is 2.31. The molecule has 0 amide bonds. The number of halogens is 1. The van der Waals surface area contributed by atoms with Crippen LogP contribution in [0.1, 0.15) is 17.0 Å². The molecule has 0 spiro atoms. The Bertz CT molecular complexity index is 643. The first kappa shape index (κ1) is 17.3. The molecule has 0 saturated heterocycles. The summed E-state index contributed by atoms with van der Waals surface area (Å²) in [5, 5.41) is 3.95. The highest BCUT2D eigenvalue weighted by Crippen LogP contribution is 2.24. The third-order valence-corrected chi connectivity index (χ3v) is 3.89.